The summed E-state index contributed by atoms with van der Waals surface area (Å²) in [6.45, 7) is 6.60. The SMILES string of the molecule is CCC(CC)NC(=O)C1CCN(Cc2nc(-c3ccc(Br)cc3)no2)CC1. The largest absolute Gasteiger partial charge is 0.353 e. The number of amides is 1. The van der Waals surface area contributed by atoms with Crippen LogP contribution in [-0.2, 0) is 11.3 Å². The average Bonchev–Trinajstić information content (AvgIpc) is 3.15. The first kappa shape index (κ1) is 20.0. The van der Waals surface area contributed by atoms with E-state index in [-0.39, 0.29) is 11.8 Å². The minimum Gasteiger partial charge on any atom is -0.353 e. The van der Waals surface area contributed by atoms with Crippen molar-refractivity contribution in [1.82, 2.24) is 20.4 Å². The van der Waals surface area contributed by atoms with Crippen molar-refractivity contribution in [3.63, 3.8) is 0 Å². The molecule has 0 radical (unpaired) electrons. The second-order valence-corrected chi connectivity index (χ2v) is 8.01. The van der Waals surface area contributed by atoms with E-state index >= 15 is 0 Å². The molecule has 3 rings (SSSR count). The zero-order chi connectivity index (χ0) is 19.2. The lowest BCUT2D eigenvalue weighted by Crippen LogP contribution is -2.43. The first-order valence-electron chi connectivity index (χ1n) is 9.70. The Labute approximate surface area is 168 Å². The third-order valence-corrected chi connectivity index (χ3v) is 5.75. The molecule has 1 aromatic carbocycles. The fourth-order valence-electron chi connectivity index (χ4n) is 3.39. The molecular weight excluding hydrogens is 408 g/mol. The fourth-order valence-corrected chi connectivity index (χ4v) is 3.66. The van der Waals surface area contributed by atoms with Gasteiger partial charge in [-0.2, -0.15) is 4.98 Å². The highest BCUT2D eigenvalue weighted by Gasteiger charge is 2.26. The van der Waals surface area contributed by atoms with Crippen molar-refractivity contribution in [3.8, 4) is 11.4 Å². The van der Waals surface area contributed by atoms with E-state index in [1.165, 1.54) is 0 Å². The molecule has 1 amide bonds. The first-order chi connectivity index (χ1) is 13.1. The second kappa shape index (κ2) is 9.46. The van der Waals surface area contributed by atoms with Gasteiger partial charge in [0.05, 0.1) is 6.54 Å². The summed E-state index contributed by atoms with van der Waals surface area (Å²) in [5.41, 5.74) is 0.935. The van der Waals surface area contributed by atoms with E-state index < -0.39 is 0 Å². The molecule has 2 heterocycles. The Morgan fingerprint density at radius 1 is 1.26 bits per heavy atom. The Bertz CT molecular complexity index is 735. The predicted octanol–water partition coefficient (Wildman–Crippen LogP) is 4.02. The lowest BCUT2D eigenvalue weighted by Gasteiger charge is -2.31. The van der Waals surface area contributed by atoms with Gasteiger partial charge in [-0.15, -0.1) is 0 Å². The topological polar surface area (TPSA) is 71.3 Å². The number of rotatable bonds is 7. The number of piperidine rings is 1. The number of benzene rings is 1. The Balaban J connectivity index is 1.49. The number of likely N-dealkylation sites (tertiary alicyclic amines) is 1. The van der Waals surface area contributed by atoms with Crippen LogP contribution < -0.4 is 5.32 Å². The molecule has 27 heavy (non-hydrogen) atoms. The van der Waals surface area contributed by atoms with Crippen LogP contribution in [0.15, 0.2) is 33.3 Å². The van der Waals surface area contributed by atoms with Crippen LogP contribution in [0.2, 0.25) is 0 Å². The average molecular weight is 435 g/mol. The van der Waals surface area contributed by atoms with E-state index in [2.05, 4.69) is 50.1 Å². The number of aromatic nitrogens is 2. The summed E-state index contributed by atoms with van der Waals surface area (Å²) in [6, 6.07) is 8.14. The van der Waals surface area contributed by atoms with Gasteiger partial charge in [-0.1, -0.05) is 34.9 Å². The van der Waals surface area contributed by atoms with E-state index in [1.807, 2.05) is 24.3 Å². The maximum absolute atomic E-state index is 12.4. The molecule has 0 unspecified atom stereocenters. The lowest BCUT2D eigenvalue weighted by molar-refractivity contribution is -0.127. The quantitative estimate of drug-likeness (QED) is 0.712. The Morgan fingerprint density at radius 3 is 2.56 bits per heavy atom. The van der Waals surface area contributed by atoms with Crippen molar-refractivity contribution < 1.29 is 9.32 Å². The van der Waals surface area contributed by atoms with Crippen LogP contribution in [0.25, 0.3) is 11.4 Å². The van der Waals surface area contributed by atoms with E-state index in [1.54, 1.807) is 0 Å². The number of halogens is 1. The maximum Gasteiger partial charge on any atom is 0.241 e. The Morgan fingerprint density at radius 2 is 1.93 bits per heavy atom. The Kier molecular flexibility index (Phi) is 7.01. The van der Waals surface area contributed by atoms with E-state index in [4.69, 9.17) is 4.52 Å². The minimum atomic E-state index is 0.114. The van der Waals surface area contributed by atoms with Crippen LogP contribution in [0.1, 0.15) is 45.4 Å². The van der Waals surface area contributed by atoms with Crippen LogP contribution in [0.5, 0.6) is 0 Å². The molecule has 0 atom stereocenters. The molecule has 1 aromatic heterocycles. The van der Waals surface area contributed by atoms with Gasteiger partial charge in [0.2, 0.25) is 17.6 Å². The maximum atomic E-state index is 12.4. The number of carbonyl (C=O) groups excluding carboxylic acids is 1. The molecule has 1 aliphatic heterocycles. The van der Waals surface area contributed by atoms with Gasteiger partial charge in [0.15, 0.2) is 0 Å². The molecule has 1 fully saturated rings. The Hall–Kier alpha value is -1.73. The molecule has 0 aliphatic carbocycles. The summed E-state index contributed by atoms with van der Waals surface area (Å²) in [7, 11) is 0. The van der Waals surface area contributed by atoms with Gasteiger partial charge in [-0.3, -0.25) is 9.69 Å². The summed E-state index contributed by atoms with van der Waals surface area (Å²) in [6.07, 6.45) is 3.72. The van der Waals surface area contributed by atoms with Crippen molar-refractivity contribution in [3.05, 3.63) is 34.6 Å². The van der Waals surface area contributed by atoms with Crippen LogP contribution >= 0.6 is 15.9 Å². The third-order valence-electron chi connectivity index (χ3n) is 5.22. The molecular formula is C20H27BrN4O2. The summed E-state index contributed by atoms with van der Waals surface area (Å²) < 4.78 is 6.43. The van der Waals surface area contributed by atoms with Crippen molar-refractivity contribution >= 4 is 21.8 Å². The van der Waals surface area contributed by atoms with Gasteiger partial charge in [-0.25, -0.2) is 0 Å². The minimum absolute atomic E-state index is 0.114. The van der Waals surface area contributed by atoms with Crippen LogP contribution in [0.3, 0.4) is 0 Å². The summed E-state index contributed by atoms with van der Waals surface area (Å²) >= 11 is 3.43. The smallest absolute Gasteiger partial charge is 0.241 e. The van der Waals surface area contributed by atoms with E-state index in [9.17, 15) is 4.79 Å². The number of hydrogen-bond donors (Lipinski definition) is 1. The van der Waals surface area contributed by atoms with Crippen molar-refractivity contribution in [1.29, 1.82) is 0 Å². The lowest BCUT2D eigenvalue weighted by atomic mass is 9.95. The van der Waals surface area contributed by atoms with Crippen molar-refractivity contribution in [2.75, 3.05) is 13.1 Å². The van der Waals surface area contributed by atoms with E-state index in [0.29, 0.717) is 24.3 Å². The monoisotopic (exact) mass is 434 g/mol. The molecule has 1 N–H and O–H groups in total. The van der Waals surface area contributed by atoms with Gasteiger partial charge in [0.25, 0.3) is 0 Å². The molecule has 146 valence electrons. The van der Waals surface area contributed by atoms with Crippen molar-refractivity contribution in [2.45, 2.75) is 52.1 Å². The highest BCUT2D eigenvalue weighted by molar-refractivity contribution is 9.10. The van der Waals surface area contributed by atoms with Gasteiger partial charge in [0.1, 0.15) is 0 Å². The highest BCUT2D eigenvalue weighted by Crippen LogP contribution is 2.22. The molecule has 0 saturated carbocycles. The zero-order valence-corrected chi connectivity index (χ0v) is 17.5. The van der Waals surface area contributed by atoms with Gasteiger partial charge in [0, 0.05) is 22.0 Å². The number of hydrogen-bond acceptors (Lipinski definition) is 5. The molecule has 2 aromatic rings. The number of carbonyl (C=O) groups is 1. The summed E-state index contributed by atoms with van der Waals surface area (Å²) in [5, 5.41) is 7.26. The molecule has 0 spiro atoms. The molecule has 0 bridgehead atoms. The number of nitrogens with zero attached hydrogens (tertiary/aromatic N) is 3. The van der Waals surface area contributed by atoms with Crippen LogP contribution in [0.4, 0.5) is 0 Å². The number of nitrogens with one attached hydrogen (secondary N) is 1. The molecule has 6 nitrogen and oxygen atoms in total. The first-order valence-corrected chi connectivity index (χ1v) is 10.5. The standard InChI is InChI=1S/C20H27BrN4O2/c1-3-17(4-2)22-20(26)15-9-11-25(12-10-15)13-18-23-19(24-27-18)14-5-7-16(21)8-6-14/h5-8,15,17H,3-4,9-13H2,1-2H3,(H,22,26). The van der Waals surface area contributed by atoms with E-state index in [0.717, 1.165) is 48.8 Å². The summed E-state index contributed by atoms with van der Waals surface area (Å²) in [5.74, 6) is 1.55. The third kappa shape index (κ3) is 5.39. The van der Waals surface area contributed by atoms with Crippen molar-refractivity contribution in [2.24, 2.45) is 5.92 Å². The predicted molar refractivity (Wildman–Crippen MR) is 108 cm³/mol. The van der Waals surface area contributed by atoms with Gasteiger partial charge in [-0.05, 0) is 63.0 Å². The fraction of sp³-hybridized carbons (Fsp3) is 0.550. The van der Waals surface area contributed by atoms with Crippen LogP contribution in [-0.4, -0.2) is 40.1 Å². The zero-order valence-electron chi connectivity index (χ0n) is 15.9. The van der Waals surface area contributed by atoms with Gasteiger partial charge < -0.3 is 9.84 Å². The highest BCUT2D eigenvalue weighted by atomic mass is 79.9. The van der Waals surface area contributed by atoms with Crippen LogP contribution in [0, 0.1) is 5.92 Å². The normalized spacial score (nSPS) is 16.0. The second-order valence-electron chi connectivity index (χ2n) is 7.09. The van der Waals surface area contributed by atoms with Gasteiger partial charge >= 0.3 is 0 Å². The molecule has 7 heteroatoms. The molecule has 1 aliphatic rings. The summed E-state index contributed by atoms with van der Waals surface area (Å²) in [4.78, 5) is 19.2. The molecule has 1 saturated heterocycles.